The summed E-state index contributed by atoms with van der Waals surface area (Å²) in [6, 6.07) is 3.72. The molecule has 0 atom stereocenters. The second-order valence-corrected chi connectivity index (χ2v) is 3.71. The number of nitrogens with one attached hydrogen (secondary N) is 1. The first-order valence-electron chi connectivity index (χ1n) is 6.26. The fourth-order valence-electron chi connectivity index (χ4n) is 1.40. The third-order valence-electron chi connectivity index (χ3n) is 2.22. The Kier molecular flexibility index (Phi) is 7.92. The Morgan fingerprint density at radius 1 is 1.22 bits per heavy atom. The lowest BCUT2D eigenvalue weighted by molar-refractivity contribution is 0.0806. The van der Waals surface area contributed by atoms with Crippen molar-refractivity contribution < 1.29 is 14.2 Å². The highest BCUT2D eigenvalue weighted by molar-refractivity contribution is 5.40. The number of hydrogen-bond donors (Lipinski definition) is 1. The fraction of sp³-hybridized carbons (Fsp3) is 0.615. The van der Waals surface area contributed by atoms with Gasteiger partial charge in [0.05, 0.1) is 6.61 Å². The first-order valence-corrected chi connectivity index (χ1v) is 6.26. The third kappa shape index (κ3) is 6.42. The molecule has 1 heterocycles. The van der Waals surface area contributed by atoms with E-state index in [4.69, 9.17) is 14.2 Å². The van der Waals surface area contributed by atoms with E-state index >= 15 is 0 Å². The van der Waals surface area contributed by atoms with Gasteiger partial charge in [-0.05, 0) is 19.4 Å². The summed E-state index contributed by atoms with van der Waals surface area (Å²) in [6.45, 7) is 5.45. The number of ether oxygens (including phenoxy) is 3. The van der Waals surface area contributed by atoms with Crippen LogP contribution in [0.3, 0.4) is 0 Å². The molecule has 1 N–H and O–H groups in total. The fourth-order valence-corrected chi connectivity index (χ4v) is 1.40. The molecule has 18 heavy (non-hydrogen) atoms. The highest BCUT2D eigenvalue weighted by Crippen LogP contribution is 2.13. The van der Waals surface area contributed by atoms with Crippen LogP contribution < -0.4 is 10.1 Å². The summed E-state index contributed by atoms with van der Waals surface area (Å²) in [7, 11) is 1.69. The van der Waals surface area contributed by atoms with Gasteiger partial charge in [0.15, 0.2) is 0 Å². The van der Waals surface area contributed by atoms with Crippen molar-refractivity contribution in [2.24, 2.45) is 0 Å². The largest absolute Gasteiger partial charge is 0.491 e. The summed E-state index contributed by atoms with van der Waals surface area (Å²) < 4.78 is 15.9. The lowest BCUT2D eigenvalue weighted by Crippen LogP contribution is -2.09. The molecule has 0 radical (unpaired) electrons. The standard InChI is InChI=1S/C13H22N2O3/c1-3-14-13-11-12(5-6-15-13)18-10-9-17-8-4-7-16-2/h5-6,11H,3-4,7-10H2,1-2H3,(H,14,15). The monoisotopic (exact) mass is 254 g/mol. The van der Waals surface area contributed by atoms with Gasteiger partial charge < -0.3 is 19.5 Å². The number of rotatable bonds is 10. The van der Waals surface area contributed by atoms with Gasteiger partial charge in [-0.1, -0.05) is 0 Å². The van der Waals surface area contributed by atoms with Crippen LogP contribution in [0.15, 0.2) is 18.3 Å². The minimum atomic E-state index is 0.544. The van der Waals surface area contributed by atoms with Crippen LogP contribution in [0.25, 0.3) is 0 Å². The average molecular weight is 254 g/mol. The molecule has 0 saturated carbocycles. The molecule has 0 aliphatic carbocycles. The van der Waals surface area contributed by atoms with Gasteiger partial charge in [-0.2, -0.15) is 0 Å². The maximum Gasteiger partial charge on any atom is 0.129 e. The van der Waals surface area contributed by atoms with E-state index in [-0.39, 0.29) is 0 Å². The van der Waals surface area contributed by atoms with Crippen molar-refractivity contribution >= 4 is 5.82 Å². The minimum absolute atomic E-state index is 0.544. The second-order valence-electron chi connectivity index (χ2n) is 3.71. The van der Waals surface area contributed by atoms with Crippen LogP contribution in [-0.4, -0.2) is 45.1 Å². The van der Waals surface area contributed by atoms with Crippen LogP contribution >= 0.6 is 0 Å². The number of hydrogen-bond acceptors (Lipinski definition) is 5. The Morgan fingerprint density at radius 2 is 2.11 bits per heavy atom. The van der Waals surface area contributed by atoms with Crippen molar-refractivity contribution in [2.75, 3.05) is 45.4 Å². The number of nitrogens with zero attached hydrogens (tertiary/aromatic N) is 1. The molecule has 5 heteroatoms. The van der Waals surface area contributed by atoms with Crippen molar-refractivity contribution in [2.45, 2.75) is 13.3 Å². The number of aromatic nitrogens is 1. The number of methoxy groups -OCH3 is 1. The maximum atomic E-state index is 5.56. The summed E-state index contributed by atoms with van der Waals surface area (Å²) in [5, 5.41) is 3.14. The molecule has 5 nitrogen and oxygen atoms in total. The first kappa shape index (κ1) is 14.7. The molecule has 0 fully saturated rings. The van der Waals surface area contributed by atoms with E-state index in [0.717, 1.165) is 31.1 Å². The van der Waals surface area contributed by atoms with E-state index in [1.165, 1.54) is 0 Å². The summed E-state index contributed by atoms with van der Waals surface area (Å²) in [5.41, 5.74) is 0. The Balaban J connectivity index is 2.13. The van der Waals surface area contributed by atoms with Crippen molar-refractivity contribution in [3.05, 3.63) is 18.3 Å². The van der Waals surface area contributed by atoms with E-state index in [1.54, 1.807) is 13.3 Å². The summed E-state index contributed by atoms with van der Waals surface area (Å²) in [6.07, 6.45) is 2.64. The summed E-state index contributed by atoms with van der Waals surface area (Å²) >= 11 is 0. The van der Waals surface area contributed by atoms with E-state index < -0.39 is 0 Å². The Bertz CT molecular complexity index is 321. The zero-order chi connectivity index (χ0) is 13.1. The molecule has 0 spiro atoms. The van der Waals surface area contributed by atoms with Crippen LogP contribution in [0.1, 0.15) is 13.3 Å². The summed E-state index contributed by atoms with van der Waals surface area (Å²) in [5.74, 6) is 1.64. The number of anilines is 1. The average Bonchev–Trinajstić information content (AvgIpc) is 2.39. The zero-order valence-corrected chi connectivity index (χ0v) is 11.1. The Hall–Kier alpha value is -1.33. The molecule has 0 unspecified atom stereocenters. The van der Waals surface area contributed by atoms with Gasteiger partial charge in [0.25, 0.3) is 0 Å². The molecular weight excluding hydrogens is 232 g/mol. The smallest absolute Gasteiger partial charge is 0.129 e. The van der Waals surface area contributed by atoms with Gasteiger partial charge >= 0.3 is 0 Å². The highest BCUT2D eigenvalue weighted by Gasteiger charge is 1.97. The van der Waals surface area contributed by atoms with Crippen LogP contribution in [-0.2, 0) is 9.47 Å². The van der Waals surface area contributed by atoms with Crippen LogP contribution in [0, 0.1) is 0 Å². The highest BCUT2D eigenvalue weighted by atomic mass is 16.5. The maximum absolute atomic E-state index is 5.56. The molecule has 1 rings (SSSR count). The van der Waals surface area contributed by atoms with Gasteiger partial charge in [-0.3, -0.25) is 0 Å². The van der Waals surface area contributed by atoms with Crippen LogP contribution in [0.2, 0.25) is 0 Å². The van der Waals surface area contributed by atoms with Gasteiger partial charge in [-0.25, -0.2) is 4.98 Å². The van der Waals surface area contributed by atoms with E-state index in [1.807, 2.05) is 19.1 Å². The van der Waals surface area contributed by atoms with Gasteiger partial charge in [0.1, 0.15) is 18.2 Å². The lowest BCUT2D eigenvalue weighted by atomic mass is 10.4. The SMILES string of the molecule is CCNc1cc(OCCOCCCOC)ccn1. The van der Waals surface area contributed by atoms with Crippen molar-refractivity contribution in [1.29, 1.82) is 0 Å². The predicted molar refractivity (Wildman–Crippen MR) is 71.2 cm³/mol. The van der Waals surface area contributed by atoms with Gasteiger partial charge in [0.2, 0.25) is 0 Å². The normalized spacial score (nSPS) is 10.3. The van der Waals surface area contributed by atoms with Gasteiger partial charge in [0, 0.05) is 39.1 Å². The van der Waals surface area contributed by atoms with Crippen LogP contribution in [0.5, 0.6) is 5.75 Å². The Labute approximate surface area is 108 Å². The number of pyridine rings is 1. The molecule has 0 aliphatic rings. The molecule has 1 aromatic heterocycles. The minimum Gasteiger partial charge on any atom is -0.491 e. The molecular formula is C13H22N2O3. The van der Waals surface area contributed by atoms with E-state index in [9.17, 15) is 0 Å². The third-order valence-corrected chi connectivity index (χ3v) is 2.22. The van der Waals surface area contributed by atoms with Crippen molar-refractivity contribution in [1.82, 2.24) is 4.98 Å². The van der Waals surface area contributed by atoms with Crippen molar-refractivity contribution in [3.63, 3.8) is 0 Å². The molecule has 0 saturated heterocycles. The summed E-state index contributed by atoms with van der Waals surface area (Å²) in [4.78, 5) is 4.17. The lowest BCUT2D eigenvalue weighted by Gasteiger charge is -2.08. The molecule has 0 bridgehead atoms. The topological polar surface area (TPSA) is 52.6 Å². The van der Waals surface area contributed by atoms with Gasteiger partial charge in [-0.15, -0.1) is 0 Å². The van der Waals surface area contributed by atoms with Crippen molar-refractivity contribution in [3.8, 4) is 5.75 Å². The molecule has 0 aliphatic heterocycles. The van der Waals surface area contributed by atoms with E-state index in [0.29, 0.717) is 19.8 Å². The van der Waals surface area contributed by atoms with E-state index in [2.05, 4.69) is 10.3 Å². The molecule has 102 valence electrons. The molecule has 1 aromatic rings. The Morgan fingerprint density at radius 3 is 2.89 bits per heavy atom. The second kappa shape index (κ2) is 9.67. The quantitative estimate of drug-likeness (QED) is 0.647. The van der Waals surface area contributed by atoms with Crippen LogP contribution in [0.4, 0.5) is 5.82 Å². The molecule has 0 aromatic carbocycles. The first-order chi connectivity index (χ1) is 8.86. The molecule has 0 amide bonds. The zero-order valence-electron chi connectivity index (χ0n) is 11.1. The predicted octanol–water partition coefficient (Wildman–Crippen LogP) is 1.95.